The summed E-state index contributed by atoms with van der Waals surface area (Å²) >= 11 is 0. The lowest BCUT2D eigenvalue weighted by atomic mass is 10.5. The van der Waals surface area contributed by atoms with Gasteiger partial charge in [0.1, 0.15) is 6.26 Å². The Morgan fingerprint density at radius 1 is 1.62 bits per heavy atom. The Labute approximate surface area is 44.9 Å². The third kappa shape index (κ3) is 0.269. The summed E-state index contributed by atoms with van der Waals surface area (Å²) in [5.74, 6) is 1.58. The molecule has 0 amide bonds. The van der Waals surface area contributed by atoms with E-state index >= 15 is 0 Å². The molecule has 0 radical (unpaired) electrons. The molecule has 2 heterocycles. The van der Waals surface area contributed by atoms with Crippen molar-refractivity contribution in [2.24, 2.45) is 0 Å². The fourth-order valence-corrected chi connectivity index (χ4v) is 0.586. The molecule has 0 saturated carbocycles. The minimum Gasteiger partial charge on any atom is -0.453 e. The predicted octanol–water partition coefficient (Wildman–Crippen LogP) is 1.20. The van der Waals surface area contributed by atoms with Gasteiger partial charge in [0.25, 0.3) is 0 Å². The fraction of sp³-hybridized carbons (Fsp3) is 0. The first-order valence-corrected chi connectivity index (χ1v) is 2.16. The molecule has 1 aliphatic rings. The molecule has 0 fully saturated rings. The lowest BCUT2D eigenvalue weighted by Crippen LogP contribution is -1.69. The topological polar surface area (TPSA) is 42.7 Å². The van der Waals surface area contributed by atoms with E-state index in [4.69, 9.17) is 4.74 Å². The summed E-state index contributed by atoms with van der Waals surface area (Å²) in [6.45, 7) is 0. The number of furan rings is 1. The summed E-state index contributed by atoms with van der Waals surface area (Å²) in [7, 11) is 0. The van der Waals surface area contributed by atoms with Crippen molar-refractivity contribution in [3.8, 4) is 11.5 Å². The van der Waals surface area contributed by atoms with Gasteiger partial charge >= 0.3 is 0 Å². The zero-order chi connectivity index (χ0) is 5.56. The van der Waals surface area contributed by atoms with Crippen molar-refractivity contribution in [1.29, 1.82) is 0 Å². The van der Waals surface area contributed by atoms with Crippen LogP contribution < -0.4 is 4.74 Å². The van der Waals surface area contributed by atoms with Crippen molar-refractivity contribution >= 4 is 6.29 Å². The Balaban J connectivity index is 2.62. The van der Waals surface area contributed by atoms with E-state index in [2.05, 4.69) is 4.42 Å². The predicted molar refractivity (Wildman–Crippen MR) is 24.2 cm³/mol. The van der Waals surface area contributed by atoms with E-state index in [1.807, 2.05) is 0 Å². The van der Waals surface area contributed by atoms with E-state index in [1.165, 1.54) is 6.26 Å². The fourth-order valence-electron chi connectivity index (χ4n) is 0.586. The number of carbonyl (C=O) groups excluding carboxylic acids is 1. The van der Waals surface area contributed by atoms with Crippen LogP contribution >= 0.6 is 0 Å². The van der Waals surface area contributed by atoms with Gasteiger partial charge in [0.15, 0.2) is 6.29 Å². The SMILES string of the molecule is O=Cc1occ2c1O2. The second-order valence-corrected chi connectivity index (χ2v) is 1.51. The Morgan fingerprint density at radius 2 is 2.50 bits per heavy atom. The van der Waals surface area contributed by atoms with Gasteiger partial charge in [-0.3, -0.25) is 4.79 Å². The highest BCUT2D eigenvalue weighted by Crippen LogP contribution is 2.48. The number of hydrogen-bond acceptors (Lipinski definition) is 3. The lowest BCUT2D eigenvalue weighted by molar-refractivity contribution is 0.109. The van der Waals surface area contributed by atoms with E-state index in [-0.39, 0.29) is 0 Å². The molecule has 0 unspecified atom stereocenters. The molecule has 0 N–H and O–H groups in total. The first kappa shape index (κ1) is 3.72. The van der Waals surface area contributed by atoms with Gasteiger partial charge in [0.05, 0.1) is 0 Å². The molecule has 0 saturated heterocycles. The summed E-state index contributed by atoms with van der Waals surface area (Å²) < 4.78 is 9.43. The van der Waals surface area contributed by atoms with Gasteiger partial charge in [0, 0.05) is 0 Å². The third-order valence-corrected chi connectivity index (χ3v) is 1.02. The number of rotatable bonds is 1. The zero-order valence-corrected chi connectivity index (χ0v) is 3.88. The van der Waals surface area contributed by atoms with E-state index in [0.717, 1.165) is 0 Å². The van der Waals surface area contributed by atoms with Crippen molar-refractivity contribution in [1.82, 2.24) is 0 Å². The van der Waals surface area contributed by atoms with E-state index < -0.39 is 0 Å². The smallest absolute Gasteiger partial charge is 0.219 e. The molecule has 3 heteroatoms. The molecule has 0 aliphatic carbocycles. The third-order valence-electron chi connectivity index (χ3n) is 1.02. The largest absolute Gasteiger partial charge is 0.453 e. The van der Waals surface area contributed by atoms with Crippen molar-refractivity contribution < 1.29 is 13.9 Å². The van der Waals surface area contributed by atoms with Crippen molar-refractivity contribution in [2.75, 3.05) is 0 Å². The molecule has 0 bridgehead atoms. The summed E-state index contributed by atoms with van der Waals surface area (Å²) in [5, 5.41) is 0. The first-order chi connectivity index (χ1) is 3.92. The Hall–Kier alpha value is -1.25. The van der Waals surface area contributed by atoms with Crippen LogP contribution in [-0.4, -0.2) is 6.29 Å². The molecule has 8 heavy (non-hydrogen) atoms. The summed E-state index contributed by atoms with van der Waals surface area (Å²) in [6, 6.07) is 0. The second-order valence-electron chi connectivity index (χ2n) is 1.51. The molecule has 2 rings (SSSR count). The van der Waals surface area contributed by atoms with Crippen LogP contribution in [0.15, 0.2) is 10.7 Å². The standard InChI is InChI=1S/C5H2O3/c6-1-3-5-4(8-5)2-7-3/h1-2H. The van der Waals surface area contributed by atoms with Gasteiger partial charge in [-0.15, -0.1) is 0 Å². The molecule has 0 aromatic carbocycles. The van der Waals surface area contributed by atoms with Gasteiger partial charge in [-0.2, -0.15) is 0 Å². The highest BCUT2D eigenvalue weighted by atomic mass is 16.6. The zero-order valence-electron chi connectivity index (χ0n) is 3.88. The van der Waals surface area contributed by atoms with Crippen LogP contribution in [0.4, 0.5) is 0 Å². The Kier molecular flexibility index (Phi) is 0.436. The van der Waals surface area contributed by atoms with E-state index in [0.29, 0.717) is 23.5 Å². The molecular formula is C5H2O3. The van der Waals surface area contributed by atoms with Crippen molar-refractivity contribution in [3.05, 3.63) is 12.0 Å². The van der Waals surface area contributed by atoms with Crippen molar-refractivity contribution in [2.45, 2.75) is 0 Å². The van der Waals surface area contributed by atoms with Crippen molar-refractivity contribution in [3.63, 3.8) is 0 Å². The first-order valence-electron chi connectivity index (χ1n) is 2.16. The summed E-state index contributed by atoms with van der Waals surface area (Å²) in [4.78, 5) is 9.95. The second kappa shape index (κ2) is 0.940. The normalized spacial score (nSPS) is 12.0. The molecule has 1 aromatic rings. The number of hydrogen-bond donors (Lipinski definition) is 0. The average molecular weight is 110 g/mol. The number of fused-ring (bicyclic) bond motifs is 1. The minimum absolute atomic E-state index is 0.292. The highest BCUT2D eigenvalue weighted by molar-refractivity contribution is 5.81. The van der Waals surface area contributed by atoms with Gasteiger partial charge in [0.2, 0.25) is 17.3 Å². The van der Waals surface area contributed by atoms with Crippen LogP contribution in [0.1, 0.15) is 10.6 Å². The molecule has 1 aliphatic heterocycles. The van der Waals surface area contributed by atoms with Gasteiger partial charge in [-0.1, -0.05) is 0 Å². The highest BCUT2D eigenvalue weighted by Gasteiger charge is 2.28. The van der Waals surface area contributed by atoms with Crippen LogP contribution in [0.25, 0.3) is 0 Å². The van der Waals surface area contributed by atoms with Gasteiger partial charge in [-0.05, 0) is 0 Å². The van der Waals surface area contributed by atoms with Crippen LogP contribution in [0.3, 0.4) is 0 Å². The minimum atomic E-state index is 0.292. The quantitative estimate of drug-likeness (QED) is 0.409. The average Bonchev–Trinajstić information content (AvgIpc) is 2.46. The monoisotopic (exact) mass is 110 g/mol. The molecule has 0 spiro atoms. The number of carbonyl (C=O) groups is 1. The van der Waals surface area contributed by atoms with Gasteiger partial charge < -0.3 is 9.15 Å². The molecule has 1 aromatic heterocycles. The molecular weight excluding hydrogens is 108 g/mol. The maximum atomic E-state index is 9.95. The number of aldehydes is 1. The molecule has 40 valence electrons. The van der Waals surface area contributed by atoms with Gasteiger partial charge in [-0.25, -0.2) is 0 Å². The van der Waals surface area contributed by atoms with Crippen LogP contribution in [0.2, 0.25) is 0 Å². The summed E-state index contributed by atoms with van der Waals surface area (Å²) in [6.07, 6.45) is 2.05. The maximum absolute atomic E-state index is 9.95. The maximum Gasteiger partial charge on any atom is 0.219 e. The Bertz CT molecular complexity index is 236. The van der Waals surface area contributed by atoms with Crippen LogP contribution in [0.5, 0.6) is 11.5 Å². The van der Waals surface area contributed by atoms with E-state index in [1.54, 1.807) is 0 Å². The molecule has 0 atom stereocenters. The lowest BCUT2D eigenvalue weighted by Gasteiger charge is -1.76. The van der Waals surface area contributed by atoms with Crippen LogP contribution in [-0.2, 0) is 0 Å². The van der Waals surface area contributed by atoms with Crippen LogP contribution in [0, 0.1) is 0 Å². The molecule has 3 nitrogen and oxygen atoms in total. The Morgan fingerprint density at radius 3 is 2.75 bits per heavy atom. The van der Waals surface area contributed by atoms with E-state index in [9.17, 15) is 4.79 Å². The number of ether oxygens (including phenoxy) is 1. The summed E-state index contributed by atoms with van der Waals surface area (Å²) in [5.41, 5.74) is 0.